The van der Waals surface area contributed by atoms with Crippen LogP contribution in [0.15, 0.2) is 65.0 Å². The molecule has 39 heavy (non-hydrogen) atoms. The molecule has 1 unspecified atom stereocenters. The number of carbonyl (C=O) groups is 4. The number of imide groups is 1. The van der Waals surface area contributed by atoms with Crippen LogP contribution in [0.2, 0.25) is 10.0 Å². The van der Waals surface area contributed by atoms with Gasteiger partial charge in [0.05, 0.1) is 77.4 Å². The van der Waals surface area contributed by atoms with Crippen molar-refractivity contribution >= 4 is 47.0 Å². The van der Waals surface area contributed by atoms with E-state index in [1.807, 2.05) is 0 Å². The molecule has 1 N–H and O–H groups in total. The number of nitrogens with one attached hydrogen (secondary N) is 1. The van der Waals surface area contributed by atoms with Crippen molar-refractivity contribution in [2.24, 2.45) is 0 Å². The number of nitrogens with zero attached hydrogens (tertiary/aromatic N) is 1. The lowest BCUT2D eigenvalue weighted by Gasteiger charge is -2.32. The predicted octanol–water partition coefficient (Wildman–Crippen LogP) is 4.26. The first-order valence-corrected chi connectivity index (χ1v) is 12.9. The van der Waals surface area contributed by atoms with Gasteiger partial charge in [0.1, 0.15) is 0 Å². The van der Waals surface area contributed by atoms with Crippen LogP contribution in [0.3, 0.4) is 0 Å². The summed E-state index contributed by atoms with van der Waals surface area (Å²) in [6.45, 7) is 3.37. The van der Waals surface area contributed by atoms with Gasteiger partial charge in [0.15, 0.2) is 0 Å². The molecule has 11 heteroatoms. The van der Waals surface area contributed by atoms with Gasteiger partial charge in [-0.3, -0.25) is 14.5 Å². The van der Waals surface area contributed by atoms with Crippen LogP contribution in [0, 0.1) is 0 Å². The van der Waals surface area contributed by atoms with E-state index in [0.29, 0.717) is 28.1 Å². The van der Waals surface area contributed by atoms with Crippen molar-refractivity contribution in [3.63, 3.8) is 0 Å². The molecule has 0 radical (unpaired) electrons. The largest absolute Gasteiger partial charge is 0.466 e. The second kappa shape index (κ2) is 12.0. The number of halogens is 2. The molecule has 2 aliphatic rings. The Morgan fingerprint density at radius 3 is 2.26 bits per heavy atom. The predicted molar refractivity (Wildman–Crippen MR) is 143 cm³/mol. The molecule has 2 aromatic rings. The number of rotatable bonds is 9. The average Bonchev–Trinajstić information content (AvgIpc) is 3.16. The Morgan fingerprint density at radius 1 is 0.974 bits per heavy atom. The smallest absolute Gasteiger partial charge is 0.336 e. The summed E-state index contributed by atoms with van der Waals surface area (Å²) >= 11 is 12.8. The van der Waals surface area contributed by atoms with E-state index in [0.717, 1.165) is 4.90 Å². The highest BCUT2D eigenvalue weighted by atomic mass is 35.5. The van der Waals surface area contributed by atoms with E-state index < -0.39 is 29.7 Å². The molecule has 2 aliphatic heterocycles. The van der Waals surface area contributed by atoms with Crippen LogP contribution in [-0.2, 0) is 23.8 Å². The third kappa shape index (κ3) is 5.43. The van der Waals surface area contributed by atoms with E-state index in [-0.39, 0.29) is 47.6 Å². The molecule has 0 fully saturated rings. The Kier molecular flexibility index (Phi) is 8.74. The maximum Gasteiger partial charge on any atom is 0.336 e. The van der Waals surface area contributed by atoms with E-state index in [9.17, 15) is 19.2 Å². The third-order valence-corrected chi connectivity index (χ3v) is 7.26. The number of hydrogen-bond acceptors (Lipinski definition) is 8. The third-order valence-electron chi connectivity index (χ3n) is 6.42. The van der Waals surface area contributed by atoms with Crippen LogP contribution in [0.1, 0.15) is 46.0 Å². The van der Waals surface area contributed by atoms with Gasteiger partial charge in [0.2, 0.25) is 0 Å². The maximum atomic E-state index is 13.1. The number of dihydropyridines is 1. The lowest BCUT2D eigenvalue weighted by Crippen LogP contribution is -2.36. The van der Waals surface area contributed by atoms with Gasteiger partial charge in [-0.05, 0) is 37.6 Å². The SMILES string of the molecule is CCOC(=O)C1=C(C)NC(COCCN2C(=O)c3ccccc3C2=O)=C(C(=O)OC)C1c1cccc(Cl)c1Cl. The fourth-order valence-corrected chi connectivity index (χ4v) is 5.08. The van der Waals surface area contributed by atoms with E-state index in [4.69, 9.17) is 37.4 Å². The maximum absolute atomic E-state index is 13.1. The Morgan fingerprint density at radius 2 is 1.64 bits per heavy atom. The molecule has 4 rings (SSSR count). The van der Waals surface area contributed by atoms with Crippen LogP contribution in [0.4, 0.5) is 0 Å². The number of esters is 2. The highest BCUT2D eigenvalue weighted by Gasteiger charge is 2.40. The van der Waals surface area contributed by atoms with Crippen molar-refractivity contribution in [2.45, 2.75) is 19.8 Å². The Labute approximate surface area is 235 Å². The van der Waals surface area contributed by atoms with Gasteiger partial charge in [-0.15, -0.1) is 0 Å². The fourth-order valence-electron chi connectivity index (χ4n) is 4.67. The molecule has 9 nitrogen and oxygen atoms in total. The number of amides is 2. The van der Waals surface area contributed by atoms with Gasteiger partial charge in [-0.1, -0.05) is 47.5 Å². The van der Waals surface area contributed by atoms with Crippen LogP contribution in [-0.4, -0.2) is 62.1 Å². The molecule has 0 spiro atoms. The second-order valence-electron chi connectivity index (χ2n) is 8.70. The topological polar surface area (TPSA) is 111 Å². The number of methoxy groups -OCH3 is 1. The number of allylic oxidation sites excluding steroid dienone is 1. The average molecular weight is 573 g/mol. The first kappa shape index (κ1) is 28.4. The number of ether oxygens (including phenoxy) is 3. The number of fused-ring (bicyclic) bond motifs is 1. The minimum atomic E-state index is -0.959. The first-order chi connectivity index (χ1) is 18.7. The molecule has 2 amide bonds. The zero-order valence-electron chi connectivity index (χ0n) is 21.5. The van der Waals surface area contributed by atoms with E-state index in [1.54, 1.807) is 56.3 Å². The molecular formula is C28H26Cl2N2O7. The fraction of sp³-hybridized carbons (Fsp3) is 0.286. The Bertz CT molecular complexity index is 1380. The van der Waals surface area contributed by atoms with Crippen molar-refractivity contribution in [1.82, 2.24) is 10.2 Å². The van der Waals surface area contributed by atoms with Gasteiger partial charge in [-0.25, -0.2) is 9.59 Å². The summed E-state index contributed by atoms with van der Waals surface area (Å²) in [5.74, 6) is -3.08. The minimum Gasteiger partial charge on any atom is -0.466 e. The van der Waals surface area contributed by atoms with E-state index in [2.05, 4.69) is 5.32 Å². The van der Waals surface area contributed by atoms with Gasteiger partial charge in [0.25, 0.3) is 11.8 Å². The van der Waals surface area contributed by atoms with Crippen LogP contribution in [0.25, 0.3) is 0 Å². The minimum absolute atomic E-state index is 0.00118. The van der Waals surface area contributed by atoms with Crippen molar-refractivity contribution in [2.75, 3.05) is 33.5 Å². The zero-order chi connectivity index (χ0) is 28.3. The summed E-state index contributed by atoms with van der Waals surface area (Å²) in [7, 11) is 1.22. The van der Waals surface area contributed by atoms with Crippen LogP contribution in [0.5, 0.6) is 0 Å². The number of carbonyl (C=O) groups excluding carboxylic acids is 4. The Balaban J connectivity index is 1.62. The molecule has 0 aromatic heterocycles. The lowest BCUT2D eigenvalue weighted by atomic mass is 9.80. The van der Waals surface area contributed by atoms with Gasteiger partial charge < -0.3 is 19.5 Å². The molecule has 1 atom stereocenters. The van der Waals surface area contributed by atoms with Crippen molar-refractivity contribution < 1.29 is 33.4 Å². The molecule has 0 bridgehead atoms. The molecule has 204 valence electrons. The quantitative estimate of drug-likeness (QED) is 0.269. The monoisotopic (exact) mass is 572 g/mol. The Hall–Kier alpha value is -3.66. The summed E-state index contributed by atoms with van der Waals surface area (Å²) in [5, 5.41) is 3.49. The second-order valence-corrected chi connectivity index (χ2v) is 9.49. The normalized spacial score (nSPS) is 16.8. The lowest BCUT2D eigenvalue weighted by molar-refractivity contribution is -0.139. The zero-order valence-corrected chi connectivity index (χ0v) is 23.0. The van der Waals surface area contributed by atoms with Crippen molar-refractivity contribution in [1.29, 1.82) is 0 Å². The van der Waals surface area contributed by atoms with Gasteiger partial charge in [-0.2, -0.15) is 0 Å². The van der Waals surface area contributed by atoms with Crippen molar-refractivity contribution in [3.05, 3.63) is 91.7 Å². The summed E-state index contributed by atoms with van der Waals surface area (Å²) in [6, 6.07) is 11.5. The van der Waals surface area contributed by atoms with E-state index >= 15 is 0 Å². The van der Waals surface area contributed by atoms with Crippen LogP contribution >= 0.6 is 23.2 Å². The van der Waals surface area contributed by atoms with Crippen LogP contribution < -0.4 is 5.32 Å². The van der Waals surface area contributed by atoms with Gasteiger partial charge in [0, 0.05) is 5.70 Å². The highest BCUT2D eigenvalue weighted by molar-refractivity contribution is 6.42. The summed E-state index contributed by atoms with van der Waals surface area (Å²) < 4.78 is 16.2. The standard InChI is InChI=1S/C28H26Cl2N2O7/c1-4-39-28(36)21-15(2)31-20(23(27(35)37-3)22(21)18-10-7-11-19(29)24(18)30)14-38-13-12-32-25(33)16-8-5-6-9-17(16)26(32)34/h5-11,22,31H,4,12-14H2,1-3H3. The molecule has 0 saturated carbocycles. The molecule has 2 heterocycles. The number of hydrogen-bond donors (Lipinski definition) is 1. The molecule has 2 aromatic carbocycles. The molecular weight excluding hydrogens is 547 g/mol. The molecule has 0 saturated heterocycles. The summed E-state index contributed by atoms with van der Waals surface area (Å²) in [6.07, 6.45) is 0. The summed E-state index contributed by atoms with van der Waals surface area (Å²) in [4.78, 5) is 52.5. The number of benzene rings is 2. The van der Waals surface area contributed by atoms with Gasteiger partial charge >= 0.3 is 11.9 Å². The van der Waals surface area contributed by atoms with E-state index in [1.165, 1.54) is 7.11 Å². The molecule has 0 aliphatic carbocycles. The van der Waals surface area contributed by atoms with Crippen molar-refractivity contribution in [3.8, 4) is 0 Å². The highest BCUT2D eigenvalue weighted by Crippen LogP contribution is 2.43. The summed E-state index contributed by atoms with van der Waals surface area (Å²) in [5.41, 5.74) is 2.14. The first-order valence-electron chi connectivity index (χ1n) is 12.1.